The summed E-state index contributed by atoms with van der Waals surface area (Å²) in [6.07, 6.45) is 0.489. The first-order chi connectivity index (χ1) is 5.67. The number of amidine groups is 1. The summed E-state index contributed by atoms with van der Waals surface area (Å²) >= 11 is 0. The van der Waals surface area contributed by atoms with E-state index in [9.17, 15) is 8.42 Å². The summed E-state index contributed by atoms with van der Waals surface area (Å²) in [7, 11) is -3.16. The van der Waals surface area contributed by atoms with E-state index in [4.69, 9.17) is 5.73 Å². The largest absolute Gasteiger partial charge is 0.359 e. The van der Waals surface area contributed by atoms with Crippen LogP contribution in [0.1, 0.15) is 6.42 Å². The molecule has 0 aliphatic carbocycles. The van der Waals surface area contributed by atoms with Gasteiger partial charge in [0.05, 0.1) is 12.3 Å². The third kappa shape index (κ3) is 2.18. The van der Waals surface area contributed by atoms with Crippen molar-refractivity contribution < 1.29 is 8.42 Å². The fourth-order valence-corrected chi connectivity index (χ4v) is 2.30. The summed E-state index contributed by atoms with van der Waals surface area (Å²) in [6.45, 7) is 1.57. The van der Waals surface area contributed by atoms with Gasteiger partial charge in [-0.25, -0.2) is 8.42 Å². The van der Waals surface area contributed by atoms with Crippen molar-refractivity contribution >= 4 is 15.0 Å². The first kappa shape index (κ1) is 9.47. The summed E-state index contributed by atoms with van der Waals surface area (Å²) in [5.41, 5.74) is 5.21. The lowest BCUT2D eigenvalue weighted by Gasteiger charge is -2.02. The topological polar surface area (TPSA) is 84.6 Å². The van der Waals surface area contributed by atoms with E-state index < -0.39 is 9.84 Å². The van der Waals surface area contributed by atoms with E-state index in [1.807, 2.05) is 0 Å². The lowest BCUT2D eigenvalue weighted by atomic mass is 10.5. The fraction of sp³-hybridized carbons (Fsp3) is 0.833. The highest BCUT2D eigenvalue weighted by Gasteiger charge is 2.20. The minimum atomic E-state index is -3.16. The second-order valence-corrected chi connectivity index (χ2v) is 4.60. The summed E-state index contributed by atoms with van der Waals surface area (Å²) in [5.74, 6) is 0.0926. The molecule has 0 radical (unpaired) electrons. The van der Waals surface area contributed by atoms with Gasteiger partial charge in [-0.3, -0.25) is 4.99 Å². The van der Waals surface area contributed by atoms with Gasteiger partial charge in [0.25, 0.3) is 0 Å². The molecule has 12 heavy (non-hydrogen) atoms. The molecule has 5 nitrogen and oxygen atoms in total. The summed E-state index contributed by atoms with van der Waals surface area (Å²) in [5, 5.41) is 2.86. The minimum Gasteiger partial charge on any atom is -0.359 e. The number of nitrogens with two attached hydrogens (primary N) is 1. The Morgan fingerprint density at radius 1 is 1.58 bits per heavy atom. The van der Waals surface area contributed by atoms with E-state index in [1.165, 1.54) is 0 Å². The second kappa shape index (κ2) is 3.86. The molecule has 0 aromatic rings. The van der Waals surface area contributed by atoms with E-state index in [0.29, 0.717) is 26.1 Å². The molecule has 70 valence electrons. The van der Waals surface area contributed by atoms with Gasteiger partial charge < -0.3 is 11.1 Å². The van der Waals surface area contributed by atoms with E-state index in [2.05, 4.69) is 10.3 Å². The molecule has 1 rings (SSSR count). The van der Waals surface area contributed by atoms with Gasteiger partial charge in [0.2, 0.25) is 15.0 Å². The fourth-order valence-electron chi connectivity index (χ4n) is 0.955. The van der Waals surface area contributed by atoms with Gasteiger partial charge in [-0.1, -0.05) is 0 Å². The van der Waals surface area contributed by atoms with Crippen LogP contribution in [0.4, 0.5) is 0 Å². The molecule has 1 aliphatic rings. The Morgan fingerprint density at radius 3 is 2.83 bits per heavy atom. The molecule has 0 atom stereocenters. The van der Waals surface area contributed by atoms with E-state index >= 15 is 0 Å². The van der Waals surface area contributed by atoms with Crippen LogP contribution in [-0.2, 0) is 9.84 Å². The maximum Gasteiger partial charge on any atom is 0.216 e. The molecule has 6 heteroatoms. The molecule has 3 N–H and O–H groups in total. The predicted molar refractivity (Wildman–Crippen MR) is 47.8 cm³/mol. The number of hydrogen-bond donors (Lipinski definition) is 2. The van der Waals surface area contributed by atoms with Crippen LogP contribution in [0.2, 0.25) is 0 Å². The first-order valence-electron chi connectivity index (χ1n) is 3.88. The highest BCUT2D eigenvalue weighted by atomic mass is 32.2. The predicted octanol–water partition coefficient (Wildman–Crippen LogP) is -1.29. The quantitative estimate of drug-likeness (QED) is 0.581. The van der Waals surface area contributed by atoms with Crippen LogP contribution in [0, 0.1) is 0 Å². The second-order valence-electron chi connectivity index (χ2n) is 2.57. The zero-order valence-corrected chi connectivity index (χ0v) is 7.60. The van der Waals surface area contributed by atoms with Crippen LogP contribution in [0.5, 0.6) is 0 Å². The van der Waals surface area contributed by atoms with Crippen molar-refractivity contribution in [3.8, 4) is 0 Å². The lowest BCUT2D eigenvalue weighted by Crippen LogP contribution is -2.30. The zero-order valence-electron chi connectivity index (χ0n) is 6.78. The molecule has 0 aromatic carbocycles. The van der Waals surface area contributed by atoms with E-state index in [0.717, 1.165) is 0 Å². The molecular weight excluding hydrogens is 178 g/mol. The zero-order chi connectivity index (χ0) is 9.03. The van der Waals surface area contributed by atoms with Crippen LogP contribution < -0.4 is 11.1 Å². The maximum atomic E-state index is 11.3. The molecule has 1 heterocycles. The van der Waals surface area contributed by atoms with Crippen molar-refractivity contribution in [3.63, 3.8) is 0 Å². The number of rotatable bonds is 3. The van der Waals surface area contributed by atoms with Crippen molar-refractivity contribution in [2.75, 3.05) is 25.4 Å². The smallest absolute Gasteiger partial charge is 0.216 e. The summed E-state index contributed by atoms with van der Waals surface area (Å²) in [6, 6.07) is 0. The Morgan fingerprint density at radius 2 is 2.33 bits per heavy atom. The van der Waals surface area contributed by atoms with Crippen molar-refractivity contribution in [2.45, 2.75) is 6.42 Å². The first-order valence-corrected chi connectivity index (χ1v) is 5.53. The van der Waals surface area contributed by atoms with Crippen LogP contribution in [0.25, 0.3) is 0 Å². The lowest BCUT2D eigenvalue weighted by molar-refractivity contribution is 0.604. The molecule has 1 aliphatic heterocycles. The van der Waals surface area contributed by atoms with Crippen molar-refractivity contribution in [2.24, 2.45) is 10.7 Å². The van der Waals surface area contributed by atoms with Crippen LogP contribution in [0.15, 0.2) is 4.99 Å². The van der Waals surface area contributed by atoms with E-state index in [-0.39, 0.29) is 10.9 Å². The molecule has 0 bridgehead atoms. The Bertz CT molecular complexity index is 271. The standard InChI is InChI=1S/C6H13N3O2S/c7-2-1-5-12(10,11)6-8-3-4-9-6/h1-5,7H2,(H,8,9). The number of aliphatic imine (C=N–C) groups is 1. The van der Waals surface area contributed by atoms with Gasteiger partial charge >= 0.3 is 0 Å². The van der Waals surface area contributed by atoms with Gasteiger partial charge in [-0.15, -0.1) is 0 Å². The monoisotopic (exact) mass is 191 g/mol. The number of hydrogen-bond acceptors (Lipinski definition) is 5. The van der Waals surface area contributed by atoms with Gasteiger partial charge in [0, 0.05) is 6.54 Å². The van der Waals surface area contributed by atoms with Crippen LogP contribution in [0.3, 0.4) is 0 Å². The molecule has 0 saturated heterocycles. The molecule has 0 amide bonds. The van der Waals surface area contributed by atoms with Crippen molar-refractivity contribution in [3.05, 3.63) is 0 Å². The Labute approximate surface area is 72.0 Å². The van der Waals surface area contributed by atoms with Gasteiger partial charge in [0.15, 0.2) is 0 Å². The average molecular weight is 191 g/mol. The summed E-state index contributed by atoms with van der Waals surface area (Å²) in [4.78, 5) is 3.84. The van der Waals surface area contributed by atoms with E-state index in [1.54, 1.807) is 0 Å². The van der Waals surface area contributed by atoms with Gasteiger partial charge in [0.1, 0.15) is 0 Å². The van der Waals surface area contributed by atoms with Gasteiger partial charge in [-0.05, 0) is 13.0 Å². The van der Waals surface area contributed by atoms with Crippen molar-refractivity contribution in [1.29, 1.82) is 0 Å². The Hall–Kier alpha value is -0.620. The number of nitrogens with zero attached hydrogens (tertiary/aromatic N) is 1. The summed E-state index contributed by atoms with van der Waals surface area (Å²) < 4.78 is 22.7. The van der Waals surface area contributed by atoms with Gasteiger partial charge in [-0.2, -0.15) is 0 Å². The molecule has 0 fully saturated rings. The van der Waals surface area contributed by atoms with Crippen molar-refractivity contribution in [1.82, 2.24) is 5.32 Å². The molecular formula is C6H13N3O2S. The minimum absolute atomic E-state index is 0.0926. The third-order valence-corrected chi connectivity index (χ3v) is 3.24. The van der Waals surface area contributed by atoms with Crippen LogP contribution in [-0.4, -0.2) is 39.0 Å². The average Bonchev–Trinajstić information content (AvgIpc) is 2.53. The highest BCUT2D eigenvalue weighted by Crippen LogP contribution is 1.98. The maximum absolute atomic E-state index is 11.3. The van der Waals surface area contributed by atoms with Crippen LogP contribution >= 0.6 is 0 Å². The highest BCUT2D eigenvalue weighted by molar-refractivity contribution is 8.06. The molecule has 0 saturated carbocycles. The molecule has 0 aromatic heterocycles. The molecule has 0 unspecified atom stereocenters. The third-order valence-electron chi connectivity index (χ3n) is 1.56. The Kier molecular flexibility index (Phi) is 3.05. The molecule has 0 spiro atoms. The Balaban J connectivity index is 2.59. The number of nitrogens with one attached hydrogen (secondary N) is 1. The normalized spacial score (nSPS) is 17.2. The SMILES string of the molecule is NCCCS(=O)(=O)C1=NCCN1. The number of sulfone groups is 1.